The van der Waals surface area contributed by atoms with E-state index in [2.05, 4.69) is 22.8 Å². The van der Waals surface area contributed by atoms with Crippen LogP contribution in [0.3, 0.4) is 0 Å². The molecular weight excluding hydrogens is 404 g/mol. The first-order valence-electron chi connectivity index (χ1n) is 11.7. The number of amides is 1. The molecule has 1 aromatic carbocycles. The first-order valence-corrected chi connectivity index (χ1v) is 11.7. The average Bonchev–Trinajstić information content (AvgIpc) is 3.25. The molecule has 3 rings (SSSR count). The highest BCUT2D eigenvalue weighted by molar-refractivity contribution is 5.79. The summed E-state index contributed by atoms with van der Waals surface area (Å²) >= 11 is 0. The topological polar surface area (TPSA) is 79.1 Å². The van der Waals surface area contributed by atoms with Crippen molar-refractivity contribution < 1.29 is 13.9 Å². The number of nitrogens with one attached hydrogen (secondary N) is 2. The van der Waals surface area contributed by atoms with Crippen molar-refractivity contribution in [1.82, 2.24) is 15.5 Å². The third-order valence-electron chi connectivity index (χ3n) is 5.64. The number of carbonyl (C=O) groups excluding carboxylic acids is 1. The maximum atomic E-state index is 12.2. The van der Waals surface area contributed by atoms with Crippen molar-refractivity contribution in [3.05, 3.63) is 54.0 Å². The number of methoxy groups -OCH3 is 1. The molecule has 1 saturated heterocycles. The van der Waals surface area contributed by atoms with Crippen molar-refractivity contribution in [2.45, 2.75) is 44.9 Å². The van der Waals surface area contributed by atoms with Crippen molar-refractivity contribution in [3.63, 3.8) is 0 Å². The van der Waals surface area contributed by atoms with Gasteiger partial charge in [0.2, 0.25) is 5.91 Å². The number of carbonyl (C=O) groups is 1. The molecule has 2 heterocycles. The molecule has 1 fully saturated rings. The van der Waals surface area contributed by atoms with Crippen LogP contribution in [0.1, 0.15) is 43.4 Å². The van der Waals surface area contributed by atoms with Gasteiger partial charge in [0.15, 0.2) is 5.96 Å². The van der Waals surface area contributed by atoms with Gasteiger partial charge in [0.05, 0.1) is 13.4 Å². The number of nitrogens with zero attached hydrogens (tertiary/aromatic N) is 2. The quantitative estimate of drug-likeness (QED) is 0.318. The highest BCUT2D eigenvalue weighted by atomic mass is 16.5. The van der Waals surface area contributed by atoms with E-state index in [1.165, 1.54) is 5.56 Å². The summed E-state index contributed by atoms with van der Waals surface area (Å²) in [6.07, 6.45) is 8.24. The van der Waals surface area contributed by atoms with Crippen molar-refractivity contribution >= 4 is 11.9 Å². The van der Waals surface area contributed by atoms with Crippen LogP contribution in [0.2, 0.25) is 0 Å². The summed E-state index contributed by atoms with van der Waals surface area (Å²) in [5.41, 5.74) is 1.24. The Hall–Kier alpha value is -2.96. The molecule has 1 aromatic heterocycles. The summed E-state index contributed by atoms with van der Waals surface area (Å²) in [4.78, 5) is 18.9. The van der Waals surface area contributed by atoms with Crippen molar-refractivity contribution in [2.75, 3.05) is 39.8 Å². The molecule has 0 unspecified atom stereocenters. The lowest BCUT2D eigenvalue weighted by Crippen LogP contribution is -2.39. The molecule has 1 amide bonds. The predicted octanol–water partition coefficient (Wildman–Crippen LogP) is 3.40. The summed E-state index contributed by atoms with van der Waals surface area (Å²) in [6.45, 7) is 3.88. The average molecular weight is 441 g/mol. The fourth-order valence-electron chi connectivity index (χ4n) is 3.78. The van der Waals surface area contributed by atoms with Gasteiger partial charge in [-0.15, -0.1) is 0 Å². The summed E-state index contributed by atoms with van der Waals surface area (Å²) in [7, 11) is 1.68. The maximum absolute atomic E-state index is 12.2. The van der Waals surface area contributed by atoms with E-state index >= 15 is 0 Å². The molecule has 32 heavy (non-hydrogen) atoms. The van der Waals surface area contributed by atoms with Gasteiger partial charge in [-0.05, 0) is 55.5 Å². The normalized spacial score (nSPS) is 14.8. The molecule has 174 valence electrons. The van der Waals surface area contributed by atoms with E-state index in [-0.39, 0.29) is 0 Å². The van der Waals surface area contributed by atoms with Crippen molar-refractivity contribution in [2.24, 2.45) is 4.99 Å². The molecular formula is C25H36N4O3. The van der Waals surface area contributed by atoms with Gasteiger partial charge < -0.3 is 24.7 Å². The number of furan rings is 1. The minimum Gasteiger partial charge on any atom is -0.497 e. The minimum atomic E-state index is 0.292. The number of aliphatic imine (C=N–C) groups is 1. The molecule has 2 N–H and O–H groups in total. The standard InChI is InChI=1S/C25H36N4O3/c1-31-22-11-9-21(10-12-22)13-16-27-25(28-17-14-23-7-5-20-32-23)26-15-6-19-29-18-4-2-3-8-24(29)30/h5,7,9-12,20H,2-4,6,8,13-19H2,1H3,(H2,26,27,28). The van der Waals surface area contributed by atoms with Crippen LogP contribution in [0.15, 0.2) is 52.1 Å². The minimum absolute atomic E-state index is 0.292. The number of guanidine groups is 1. The number of hydrogen-bond acceptors (Lipinski definition) is 4. The van der Waals surface area contributed by atoms with Gasteiger partial charge in [0, 0.05) is 45.6 Å². The summed E-state index contributed by atoms with van der Waals surface area (Å²) < 4.78 is 10.6. The van der Waals surface area contributed by atoms with Crippen LogP contribution in [-0.2, 0) is 17.6 Å². The fourth-order valence-corrected chi connectivity index (χ4v) is 3.78. The van der Waals surface area contributed by atoms with Gasteiger partial charge in [-0.2, -0.15) is 0 Å². The fraction of sp³-hybridized carbons (Fsp3) is 0.520. The Morgan fingerprint density at radius 1 is 1.09 bits per heavy atom. The molecule has 1 aliphatic heterocycles. The molecule has 2 aromatic rings. The van der Waals surface area contributed by atoms with Gasteiger partial charge in [0.1, 0.15) is 11.5 Å². The lowest BCUT2D eigenvalue weighted by Gasteiger charge is -2.20. The zero-order valence-electron chi connectivity index (χ0n) is 19.1. The Bertz CT molecular complexity index is 818. The number of hydrogen-bond donors (Lipinski definition) is 2. The summed E-state index contributed by atoms with van der Waals surface area (Å²) in [5.74, 6) is 2.91. The zero-order valence-corrected chi connectivity index (χ0v) is 19.1. The number of rotatable bonds is 11. The molecule has 0 saturated carbocycles. The van der Waals surface area contributed by atoms with Gasteiger partial charge in [-0.25, -0.2) is 0 Å². The Morgan fingerprint density at radius 2 is 1.91 bits per heavy atom. The second-order valence-corrected chi connectivity index (χ2v) is 8.06. The Kier molecular flexibility index (Phi) is 9.96. The Balaban J connectivity index is 1.46. The lowest BCUT2D eigenvalue weighted by atomic mass is 10.1. The molecule has 0 radical (unpaired) electrons. The molecule has 0 aliphatic carbocycles. The van der Waals surface area contributed by atoms with Crippen LogP contribution < -0.4 is 15.4 Å². The van der Waals surface area contributed by atoms with Crippen LogP contribution in [-0.4, -0.2) is 56.6 Å². The SMILES string of the molecule is COc1ccc(CCNC(=NCCCN2CCCCCC2=O)NCCc2ccco2)cc1. The van der Waals surface area contributed by atoms with Crippen LogP contribution in [0.25, 0.3) is 0 Å². The van der Waals surface area contributed by atoms with Crippen LogP contribution in [0.5, 0.6) is 5.75 Å². The molecule has 0 spiro atoms. The third-order valence-corrected chi connectivity index (χ3v) is 5.64. The van der Waals surface area contributed by atoms with Crippen molar-refractivity contribution in [3.8, 4) is 5.75 Å². The van der Waals surface area contributed by atoms with Gasteiger partial charge in [0.25, 0.3) is 0 Å². The van der Waals surface area contributed by atoms with E-state index in [0.29, 0.717) is 18.9 Å². The van der Waals surface area contributed by atoms with Gasteiger partial charge >= 0.3 is 0 Å². The maximum Gasteiger partial charge on any atom is 0.222 e. The zero-order chi connectivity index (χ0) is 22.4. The molecule has 7 heteroatoms. The monoisotopic (exact) mass is 440 g/mol. The molecule has 1 aliphatic rings. The van der Waals surface area contributed by atoms with Crippen LogP contribution >= 0.6 is 0 Å². The second kappa shape index (κ2) is 13.5. The highest BCUT2D eigenvalue weighted by Crippen LogP contribution is 2.12. The molecule has 0 atom stereocenters. The van der Waals surface area contributed by atoms with E-state index in [0.717, 1.165) is 82.2 Å². The number of likely N-dealkylation sites (tertiary alicyclic amines) is 1. The van der Waals surface area contributed by atoms with E-state index < -0.39 is 0 Å². The van der Waals surface area contributed by atoms with Crippen LogP contribution in [0, 0.1) is 0 Å². The van der Waals surface area contributed by atoms with E-state index in [4.69, 9.17) is 14.1 Å². The first kappa shape index (κ1) is 23.7. The first-order chi connectivity index (χ1) is 15.7. The second-order valence-electron chi connectivity index (χ2n) is 8.06. The Morgan fingerprint density at radius 3 is 2.66 bits per heavy atom. The van der Waals surface area contributed by atoms with Crippen molar-refractivity contribution in [1.29, 1.82) is 0 Å². The number of ether oxygens (including phenoxy) is 1. The smallest absolute Gasteiger partial charge is 0.222 e. The van der Waals surface area contributed by atoms with Gasteiger partial charge in [-0.3, -0.25) is 9.79 Å². The summed E-state index contributed by atoms with van der Waals surface area (Å²) in [5, 5.41) is 6.83. The van der Waals surface area contributed by atoms with Crippen LogP contribution in [0.4, 0.5) is 0 Å². The third kappa shape index (κ3) is 8.29. The largest absolute Gasteiger partial charge is 0.497 e. The molecule has 7 nitrogen and oxygen atoms in total. The lowest BCUT2D eigenvalue weighted by molar-refractivity contribution is -0.130. The summed E-state index contributed by atoms with van der Waals surface area (Å²) in [6, 6.07) is 12.0. The van der Waals surface area contributed by atoms with E-state index in [1.54, 1.807) is 13.4 Å². The van der Waals surface area contributed by atoms with Gasteiger partial charge in [-0.1, -0.05) is 18.6 Å². The number of benzene rings is 1. The molecule has 0 bridgehead atoms. The Labute approximate surface area is 191 Å². The van der Waals surface area contributed by atoms with E-state index in [9.17, 15) is 4.79 Å². The highest BCUT2D eigenvalue weighted by Gasteiger charge is 2.15. The van der Waals surface area contributed by atoms with E-state index in [1.807, 2.05) is 29.2 Å². The predicted molar refractivity (Wildman–Crippen MR) is 127 cm³/mol.